The quantitative estimate of drug-likeness (QED) is 0.244. The number of pyridine rings is 3. The molecule has 5 aromatic heterocycles. The zero-order chi connectivity index (χ0) is 26.2. The average molecular weight is 506 g/mol. The van der Waals surface area contributed by atoms with Crippen molar-refractivity contribution in [3.05, 3.63) is 79.1 Å². The van der Waals surface area contributed by atoms with Gasteiger partial charge in [-0.25, -0.2) is 14.4 Å². The average Bonchev–Trinajstić information content (AvgIpc) is 3.52. The number of hydrogen-bond acceptors (Lipinski definition) is 5. The first-order valence-electron chi connectivity index (χ1n) is 12.3. The van der Waals surface area contributed by atoms with Crippen molar-refractivity contribution < 1.29 is 9.18 Å². The number of hydrogen-bond donors (Lipinski definition) is 3. The minimum Gasteiger partial charge on any atom is -0.338 e. The number of fused-ring (bicyclic) bond motifs is 2. The fourth-order valence-electron chi connectivity index (χ4n) is 4.58. The van der Waals surface area contributed by atoms with Crippen LogP contribution in [0.3, 0.4) is 0 Å². The van der Waals surface area contributed by atoms with Crippen molar-refractivity contribution in [2.45, 2.75) is 20.3 Å². The predicted octanol–water partition coefficient (Wildman–Crippen LogP) is 6.35. The van der Waals surface area contributed by atoms with Gasteiger partial charge in [0, 0.05) is 52.5 Å². The molecule has 9 heteroatoms. The Morgan fingerprint density at radius 2 is 1.79 bits per heavy atom. The first-order chi connectivity index (χ1) is 18.5. The van der Waals surface area contributed by atoms with Crippen molar-refractivity contribution in [3.63, 3.8) is 0 Å². The van der Waals surface area contributed by atoms with Crippen molar-refractivity contribution in [2.75, 3.05) is 5.32 Å². The molecule has 0 saturated heterocycles. The van der Waals surface area contributed by atoms with Gasteiger partial charge in [0.15, 0.2) is 5.65 Å². The van der Waals surface area contributed by atoms with E-state index in [-0.39, 0.29) is 17.6 Å². The van der Waals surface area contributed by atoms with Gasteiger partial charge in [0.25, 0.3) is 0 Å². The number of carbonyl (C=O) groups excluding carboxylic acids is 1. The van der Waals surface area contributed by atoms with Gasteiger partial charge in [0.2, 0.25) is 5.91 Å². The maximum absolute atomic E-state index is 14.6. The summed E-state index contributed by atoms with van der Waals surface area (Å²) < 4.78 is 14.6. The van der Waals surface area contributed by atoms with Gasteiger partial charge in [-0.05, 0) is 41.8 Å². The fraction of sp³-hybridized carbons (Fsp3) is 0.138. The van der Waals surface area contributed by atoms with Crippen LogP contribution in [0.4, 0.5) is 10.1 Å². The topological polar surface area (TPSA) is 112 Å². The number of nitrogens with one attached hydrogen (secondary N) is 3. The van der Waals surface area contributed by atoms with Gasteiger partial charge in [-0.2, -0.15) is 5.10 Å². The van der Waals surface area contributed by atoms with Crippen LogP contribution in [-0.4, -0.2) is 36.0 Å². The van der Waals surface area contributed by atoms with Gasteiger partial charge in [-0.3, -0.25) is 14.9 Å². The number of amides is 1. The first kappa shape index (κ1) is 23.5. The Balaban J connectivity index is 1.39. The van der Waals surface area contributed by atoms with Crippen molar-refractivity contribution in [1.29, 1.82) is 0 Å². The van der Waals surface area contributed by atoms with Crippen molar-refractivity contribution in [2.24, 2.45) is 5.92 Å². The second kappa shape index (κ2) is 9.51. The molecule has 0 aliphatic heterocycles. The van der Waals surface area contributed by atoms with Crippen LogP contribution in [0.5, 0.6) is 0 Å². The summed E-state index contributed by atoms with van der Waals surface area (Å²) >= 11 is 0. The van der Waals surface area contributed by atoms with Gasteiger partial charge < -0.3 is 10.3 Å². The van der Waals surface area contributed by atoms with E-state index in [2.05, 4.69) is 35.5 Å². The number of nitrogens with zero attached hydrogens (tertiary/aromatic N) is 4. The van der Waals surface area contributed by atoms with Crippen LogP contribution >= 0.6 is 0 Å². The van der Waals surface area contributed by atoms with Crippen LogP contribution < -0.4 is 5.32 Å². The SMILES string of the molecule is CC(C)CC(=O)Nc1cncc(-c2cnc3[nH]nc(-c4cc5c(-c6ccccc6F)ccnc5[nH]4)c3c2)c1. The van der Waals surface area contributed by atoms with Crippen molar-refractivity contribution in [3.8, 4) is 33.6 Å². The fourth-order valence-corrected chi connectivity index (χ4v) is 4.58. The number of aromatic nitrogens is 6. The maximum Gasteiger partial charge on any atom is 0.224 e. The molecule has 5 heterocycles. The van der Waals surface area contributed by atoms with Crippen molar-refractivity contribution >= 4 is 33.7 Å². The van der Waals surface area contributed by atoms with Crippen LogP contribution in [0.2, 0.25) is 0 Å². The van der Waals surface area contributed by atoms with Crippen LogP contribution in [0.25, 0.3) is 55.7 Å². The lowest BCUT2D eigenvalue weighted by Gasteiger charge is -2.08. The van der Waals surface area contributed by atoms with E-state index in [1.807, 2.05) is 38.1 Å². The summed E-state index contributed by atoms with van der Waals surface area (Å²) in [6.07, 6.45) is 7.20. The van der Waals surface area contributed by atoms with Crippen LogP contribution in [0, 0.1) is 11.7 Å². The molecule has 3 N–H and O–H groups in total. The highest BCUT2D eigenvalue weighted by Crippen LogP contribution is 2.35. The van der Waals surface area contributed by atoms with E-state index in [1.54, 1.807) is 43.0 Å². The summed E-state index contributed by atoms with van der Waals surface area (Å²) in [6.45, 7) is 4.00. The smallest absolute Gasteiger partial charge is 0.224 e. The summed E-state index contributed by atoms with van der Waals surface area (Å²) in [5.41, 5.74) is 6.18. The molecule has 0 aliphatic carbocycles. The minimum atomic E-state index is -0.293. The third-order valence-electron chi connectivity index (χ3n) is 6.32. The lowest BCUT2D eigenvalue weighted by Crippen LogP contribution is -2.13. The molecule has 0 bridgehead atoms. The summed E-state index contributed by atoms with van der Waals surface area (Å²) in [5.74, 6) is -0.0789. The molecule has 0 spiro atoms. The van der Waals surface area contributed by atoms with Gasteiger partial charge in [-0.1, -0.05) is 32.0 Å². The normalized spacial score (nSPS) is 11.5. The summed E-state index contributed by atoms with van der Waals surface area (Å²) in [5, 5.41) is 12.0. The summed E-state index contributed by atoms with van der Waals surface area (Å²) in [7, 11) is 0. The van der Waals surface area contributed by atoms with E-state index in [0.29, 0.717) is 34.7 Å². The zero-order valence-electron chi connectivity index (χ0n) is 20.8. The lowest BCUT2D eigenvalue weighted by atomic mass is 10.0. The molecule has 1 aromatic carbocycles. The Morgan fingerprint density at radius 1 is 0.947 bits per heavy atom. The molecule has 1 amide bonds. The number of H-pyrrole nitrogens is 2. The van der Waals surface area contributed by atoms with Crippen LogP contribution in [-0.2, 0) is 4.79 Å². The Morgan fingerprint density at radius 3 is 2.63 bits per heavy atom. The monoisotopic (exact) mass is 505 g/mol. The molecule has 0 aliphatic rings. The number of benzene rings is 1. The van der Waals surface area contributed by atoms with Gasteiger partial charge in [0.1, 0.15) is 17.2 Å². The molecule has 188 valence electrons. The van der Waals surface area contributed by atoms with Crippen LogP contribution in [0.1, 0.15) is 20.3 Å². The third kappa shape index (κ3) is 4.39. The standard InChI is InChI=1S/C29H24FN7O/c1-16(2)9-26(38)34-19-10-17(13-31-15-19)18-11-23-27(36-37-29(23)33-14-18)25-12-22-20(7-8-32-28(22)35-25)21-5-3-4-6-24(21)30/h3-8,10-16H,9H2,1-2H3,(H,32,35)(H,34,38)(H,33,36,37). The van der Waals surface area contributed by atoms with E-state index in [1.165, 1.54) is 6.07 Å². The molecule has 38 heavy (non-hydrogen) atoms. The Kier molecular flexibility index (Phi) is 5.88. The van der Waals surface area contributed by atoms with Gasteiger partial charge in [-0.15, -0.1) is 0 Å². The maximum atomic E-state index is 14.6. The Bertz CT molecular complexity index is 1800. The van der Waals surface area contributed by atoms with E-state index in [0.717, 1.165) is 33.2 Å². The zero-order valence-corrected chi connectivity index (χ0v) is 20.8. The van der Waals surface area contributed by atoms with E-state index in [4.69, 9.17) is 0 Å². The molecule has 6 aromatic rings. The van der Waals surface area contributed by atoms with E-state index in [9.17, 15) is 9.18 Å². The van der Waals surface area contributed by atoms with Gasteiger partial charge >= 0.3 is 0 Å². The van der Waals surface area contributed by atoms with Crippen LogP contribution in [0.15, 0.2) is 73.3 Å². The number of aromatic amines is 2. The summed E-state index contributed by atoms with van der Waals surface area (Å²) in [4.78, 5) is 28.9. The molecule has 6 rings (SSSR count). The molecule has 0 atom stereocenters. The largest absolute Gasteiger partial charge is 0.338 e. The van der Waals surface area contributed by atoms with Gasteiger partial charge in [0.05, 0.1) is 17.6 Å². The minimum absolute atomic E-state index is 0.0492. The Labute approximate surface area is 217 Å². The third-order valence-corrected chi connectivity index (χ3v) is 6.32. The molecule has 0 radical (unpaired) electrons. The number of carbonyl (C=O) groups is 1. The highest BCUT2D eigenvalue weighted by molar-refractivity contribution is 6.00. The predicted molar refractivity (Wildman–Crippen MR) is 146 cm³/mol. The molecular formula is C29H24FN7O. The molecule has 0 unspecified atom stereocenters. The van der Waals surface area contributed by atoms with E-state index >= 15 is 0 Å². The molecule has 8 nitrogen and oxygen atoms in total. The molecule has 0 saturated carbocycles. The Hall–Kier alpha value is -4.92. The lowest BCUT2D eigenvalue weighted by molar-refractivity contribution is -0.116. The van der Waals surface area contributed by atoms with E-state index < -0.39 is 0 Å². The number of rotatable bonds is 6. The van der Waals surface area contributed by atoms with Crippen molar-refractivity contribution in [1.82, 2.24) is 30.1 Å². The second-order valence-electron chi connectivity index (χ2n) is 9.58. The number of anilines is 1. The highest BCUT2D eigenvalue weighted by atomic mass is 19.1. The highest BCUT2D eigenvalue weighted by Gasteiger charge is 2.17. The molecular weight excluding hydrogens is 481 g/mol. The summed E-state index contributed by atoms with van der Waals surface area (Å²) in [6, 6.07) is 14.3. The first-order valence-corrected chi connectivity index (χ1v) is 12.3. The second-order valence-corrected chi connectivity index (χ2v) is 9.58. The molecule has 0 fully saturated rings. The number of halogens is 1.